The van der Waals surface area contributed by atoms with Gasteiger partial charge in [0.25, 0.3) is 0 Å². The average Bonchev–Trinajstić information content (AvgIpc) is 3.00. The highest BCUT2D eigenvalue weighted by Crippen LogP contribution is 2.40. The van der Waals surface area contributed by atoms with Gasteiger partial charge in [0.05, 0.1) is 5.69 Å². The molecule has 0 saturated heterocycles. The molecule has 0 bridgehead atoms. The lowest BCUT2D eigenvalue weighted by atomic mass is 10.2. The second-order valence-electron chi connectivity index (χ2n) is 6.04. The zero-order valence-electron chi connectivity index (χ0n) is 13.1. The lowest BCUT2D eigenvalue weighted by Gasteiger charge is -2.10. The second kappa shape index (κ2) is 6.37. The van der Waals surface area contributed by atoms with Crippen LogP contribution >= 0.6 is 34.4 Å². The van der Waals surface area contributed by atoms with Crippen LogP contribution in [0.25, 0.3) is 10.6 Å². The zero-order chi connectivity index (χ0) is 15.8. The Balaban J connectivity index is 1.49. The number of thioether (sulfide) groups is 1. The van der Waals surface area contributed by atoms with Crippen LogP contribution in [0.3, 0.4) is 0 Å². The summed E-state index contributed by atoms with van der Waals surface area (Å²) in [6, 6.07) is 2.74. The van der Waals surface area contributed by atoms with E-state index in [0.717, 1.165) is 27.4 Å². The average molecular weight is 363 g/mol. The van der Waals surface area contributed by atoms with Crippen LogP contribution < -0.4 is 0 Å². The molecule has 0 amide bonds. The minimum absolute atomic E-state index is 0.418. The van der Waals surface area contributed by atoms with E-state index in [1.165, 1.54) is 18.4 Å². The van der Waals surface area contributed by atoms with E-state index in [-0.39, 0.29) is 0 Å². The van der Waals surface area contributed by atoms with E-state index in [4.69, 9.17) is 4.98 Å². The fourth-order valence-electron chi connectivity index (χ4n) is 2.49. The monoisotopic (exact) mass is 362 g/mol. The van der Waals surface area contributed by atoms with Gasteiger partial charge in [-0.05, 0) is 24.3 Å². The molecule has 1 fully saturated rings. The summed E-state index contributed by atoms with van der Waals surface area (Å²) in [5, 5.41) is 17.4. The first-order valence-electron chi connectivity index (χ1n) is 7.77. The van der Waals surface area contributed by atoms with Crippen LogP contribution in [0.2, 0.25) is 0 Å². The van der Waals surface area contributed by atoms with Crippen molar-refractivity contribution in [3.8, 4) is 10.6 Å². The van der Waals surface area contributed by atoms with Crippen molar-refractivity contribution in [2.45, 2.75) is 49.6 Å². The van der Waals surface area contributed by atoms with Gasteiger partial charge in [0.1, 0.15) is 10.8 Å². The Morgan fingerprint density at radius 3 is 2.87 bits per heavy atom. The molecule has 1 aliphatic rings. The molecule has 0 aliphatic heterocycles. The third kappa shape index (κ3) is 3.22. The van der Waals surface area contributed by atoms with E-state index in [0.29, 0.717) is 12.0 Å². The van der Waals surface area contributed by atoms with Crippen molar-refractivity contribution < 1.29 is 0 Å². The Labute approximate surface area is 148 Å². The first-order valence-corrected chi connectivity index (χ1v) is 10.6. The van der Waals surface area contributed by atoms with E-state index in [9.17, 15) is 0 Å². The highest BCUT2D eigenvalue weighted by Gasteiger charge is 2.30. The van der Waals surface area contributed by atoms with E-state index in [1.807, 2.05) is 0 Å². The van der Waals surface area contributed by atoms with E-state index < -0.39 is 0 Å². The Hall–Kier alpha value is -1.18. The number of nitrogens with zero attached hydrogens (tertiary/aromatic N) is 4. The lowest BCUT2D eigenvalue weighted by molar-refractivity contribution is 0.599. The van der Waals surface area contributed by atoms with Gasteiger partial charge >= 0.3 is 0 Å². The first-order chi connectivity index (χ1) is 11.2. The standard InChI is InChI=1S/C16H18N4S3/c1-10(2)14-18-19-16(20(14)13-3-4-13)23-9-12-8-22-15(17-12)11-5-6-21-7-11/h5-8,10,13H,3-4,9H2,1-2H3. The van der Waals surface area contributed by atoms with E-state index >= 15 is 0 Å². The van der Waals surface area contributed by atoms with Crippen LogP contribution in [-0.2, 0) is 5.75 Å². The minimum Gasteiger partial charge on any atom is -0.303 e. The van der Waals surface area contributed by atoms with E-state index in [1.54, 1.807) is 34.4 Å². The van der Waals surface area contributed by atoms with Gasteiger partial charge in [-0.2, -0.15) is 11.3 Å². The Morgan fingerprint density at radius 2 is 2.17 bits per heavy atom. The molecule has 120 valence electrons. The maximum atomic E-state index is 4.75. The van der Waals surface area contributed by atoms with Crippen molar-refractivity contribution >= 4 is 34.4 Å². The van der Waals surface area contributed by atoms with Gasteiger partial charge in [-0.25, -0.2) is 4.98 Å². The summed E-state index contributed by atoms with van der Waals surface area (Å²) in [6.45, 7) is 4.37. The molecule has 0 aromatic carbocycles. The summed E-state index contributed by atoms with van der Waals surface area (Å²) in [7, 11) is 0. The molecule has 0 radical (unpaired) electrons. The molecule has 4 rings (SSSR count). The molecular formula is C16H18N4S3. The van der Waals surface area contributed by atoms with Gasteiger partial charge in [-0.15, -0.1) is 21.5 Å². The van der Waals surface area contributed by atoms with Crippen LogP contribution in [0, 0.1) is 0 Å². The molecule has 7 heteroatoms. The Bertz CT molecular complexity index is 784. The largest absolute Gasteiger partial charge is 0.303 e. The van der Waals surface area contributed by atoms with Crippen molar-refractivity contribution in [2.24, 2.45) is 0 Å². The summed E-state index contributed by atoms with van der Waals surface area (Å²) in [4.78, 5) is 4.75. The summed E-state index contributed by atoms with van der Waals surface area (Å²) in [5.74, 6) is 2.39. The number of rotatable bonds is 6. The molecule has 0 atom stereocenters. The Morgan fingerprint density at radius 1 is 1.30 bits per heavy atom. The molecule has 0 N–H and O–H groups in total. The fraction of sp³-hybridized carbons (Fsp3) is 0.438. The molecule has 4 nitrogen and oxygen atoms in total. The smallest absolute Gasteiger partial charge is 0.191 e. The quantitative estimate of drug-likeness (QED) is 0.564. The lowest BCUT2D eigenvalue weighted by Crippen LogP contribution is -2.04. The molecule has 0 unspecified atom stereocenters. The van der Waals surface area contributed by atoms with Gasteiger partial charge in [0.15, 0.2) is 5.16 Å². The van der Waals surface area contributed by atoms with Crippen molar-refractivity contribution in [3.63, 3.8) is 0 Å². The number of hydrogen-bond acceptors (Lipinski definition) is 6. The summed E-state index contributed by atoms with van der Waals surface area (Å²) in [5.41, 5.74) is 2.34. The number of thiophene rings is 1. The van der Waals surface area contributed by atoms with Crippen LogP contribution in [0.1, 0.15) is 50.2 Å². The van der Waals surface area contributed by atoms with Crippen LogP contribution in [0.15, 0.2) is 27.4 Å². The Kier molecular flexibility index (Phi) is 4.26. The van der Waals surface area contributed by atoms with E-state index in [2.05, 4.69) is 50.8 Å². The van der Waals surface area contributed by atoms with Gasteiger partial charge in [0, 0.05) is 34.0 Å². The van der Waals surface area contributed by atoms with Gasteiger partial charge in [-0.3, -0.25) is 0 Å². The molecular weight excluding hydrogens is 344 g/mol. The van der Waals surface area contributed by atoms with Gasteiger partial charge in [-0.1, -0.05) is 25.6 Å². The minimum atomic E-state index is 0.418. The van der Waals surface area contributed by atoms with Crippen LogP contribution in [-0.4, -0.2) is 19.7 Å². The third-order valence-corrected chi connectivity index (χ3v) is 6.39. The molecule has 1 saturated carbocycles. The summed E-state index contributed by atoms with van der Waals surface area (Å²) in [6.07, 6.45) is 2.51. The van der Waals surface area contributed by atoms with Gasteiger partial charge < -0.3 is 4.57 Å². The normalized spacial score (nSPS) is 14.7. The fourth-order valence-corrected chi connectivity index (χ4v) is 5.03. The topological polar surface area (TPSA) is 43.6 Å². The molecule has 3 heterocycles. The number of aromatic nitrogens is 4. The highest BCUT2D eigenvalue weighted by atomic mass is 32.2. The summed E-state index contributed by atoms with van der Waals surface area (Å²) >= 11 is 5.18. The summed E-state index contributed by atoms with van der Waals surface area (Å²) < 4.78 is 2.35. The molecule has 23 heavy (non-hydrogen) atoms. The highest BCUT2D eigenvalue weighted by molar-refractivity contribution is 7.98. The second-order valence-corrected chi connectivity index (χ2v) is 8.62. The van der Waals surface area contributed by atoms with Gasteiger partial charge in [0.2, 0.25) is 0 Å². The first kappa shape index (κ1) is 15.4. The van der Waals surface area contributed by atoms with Crippen molar-refractivity contribution in [2.75, 3.05) is 0 Å². The maximum absolute atomic E-state index is 4.75. The third-order valence-electron chi connectivity index (χ3n) is 3.79. The molecule has 3 aromatic rings. The van der Waals surface area contributed by atoms with Crippen molar-refractivity contribution in [1.82, 2.24) is 19.7 Å². The number of thiazole rings is 1. The zero-order valence-corrected chi connectivity index (χ0v) is 15.5. The maximum Gasteiger partial charge on any atom is 0.191 e. The van der Waals surface area contributed by atoms with Crippen molar-refractivity contribution in [1.29, 1.82) is 0 Å². The predicted molar refractivity (Wildman–Crippen MR) is 97.4 cm³/mol. The predicted octanol–water partition coefficient (Wildman–Crippen LogP) is 5.21. The molecule has 1 aliphatic carbocycles. The van der Waals surface area contributed by atoms with Crippen LogP contribution in [0.5, 0.6) is 0 Å². The van der Waals surface area contributed by atoms with Crippen LogP contribution in [0.4, 0.5) is 0 Å². The number of hydrogen-bond donors (Lipinski definition) is 0. The molecule has 0 spiro atoms. The molecule has 3 aromatic heterocycles. The van der Waals surface area contributed by atoms with Crippen molar-refractivity contribution in [3.05, 3.63) is 33.7 Å². The SMILES string of the molecule is CC(C)c1nnc(SCc2csc(-c3ccsc3)n2)n1C1CC1.